The monoisotopic (exact) mass is 618 g/mol. The van der Waals surface area contributed by atoms with Crippen LogP contribution in [0.2, 0.25) is 0 Å². The van der Waals surface area contributed by atoms with Gasteiger partial charge in [0.05, 0.1) is 13.7 Å². The van der Waals surface area contributed by atoms with Crippen molar-refractivity contribution in [3.05, 3.63) is 96.1 Å². The van der Waals surface area contributed by atoms with Crippen molar-refractivity contribution in [3.8, 4) is 11.1 Å². The molecule has 3 rings (SSSR count). The number of carbonyl (C=O) groups excluding carboxylic acids is 3. The summed E-state index contributed by atoms with van der Waals surface area (Å²) in [4.78, 5) is 39.4. The number of amides is 3. The maximum Gasteiger partial charge on any atom is 0.409 e. The Morgan fingerprint density at radius 3 is 1.96 bits per heavy atom. The van der Waals surface area contributed by atoms with Gasteiger partial charge in [-0.15, -0.1) is 0 Å². The van der Waals surface area contributed by atoms with Crippen molar-refractivity contribution in [2.24, 2.45) is 5.92 Å². The largest absolute Gasteiger partial charge is 0.453 e. The Hall–Kier alpha value is -4.41. The maximum atomic E-state index is 14.1. The van der Waals surface area contributed by atoms with Crippen LogP contribution in [0.5, 0.6) is 0 Å². The van der Waals surface area contributed by atoms with E-state index in [1.54, 1.807) is 20.8 Å². The van der Waals surface area contributed by atoms with Gasteiger partial charge in [0.2, 0.25) is 5.66 Å². The third-order valence-corrected chi connectivity index (χ3v) is 7.29. The van der Waals surface area contributed by atoms with Crippen LogP contribution in [0.3, 0.4) is 0 Å². The molecule has 0 radical (unpaired) electrons. The molecule has 0 spiro atoms. The lowest BCUT2D eigenvalue weighted by molar-refractivity contribution is -0.133. The number of aryl methyl sites for hydroxylation is 1. The number of aliphatic hydroxyl groups excluding tert-OH is 1. The molecule has 0 heterocycles. The summed E-state index contributed by atoms with van der Waals surface area (Å²) in [5.74, 6) is -1.66. The molecule has 0 aromatic heterocycles. The van der Waals surface area contributed by atoms with Crippen molar-refractivity contribution >= 4 is 18.1 Å². The van der Waals surface area contributed by atoms with Crippen LogP contribution in [0.15, 0.2) is 84.9 Å². The topological polar surface area (TPSA) is 138 Å². The van der Waals surface area contributed by atoms with E-state index in [9.17, 15) is 19.5 Å². The molecule has 10 nitrogen and oxygen atoms in total. The van der Waals surface area contributed by atoms with E-state index in [0.29, 0.717) is 25.9 Å². The van der Waals surface area contributed by atoms with E-state index >= 15 is 0 Å². The zero-order valence-electron chi connectivity index (χ0n) is 26.8. The molecule has 3 aromatic rings. The molecule has 242 valence electrons. The maximum absolute atomic E-state index is 14.1. The summed E-state index contributed by atoms with van der Waals surface area (Å²) in [5, 5.41) is 21.5. The van der Waals surface area contributed by atoms with Gasteiger partial charge < -0.3 is 25.2 Å². The summed E-state index contributed by atoms with van der Waals surface area (Å²) >= 11 is 0. The first-order valence-corrected chi connectivity index (χ1v) is 15.1. The van der Waals surface area contributed by atoms with Crippen molar-refractivity contribution in [3.63, 3.8) is 0 Å². The molecule has 0 aliphatic rings. The number of alkyl carbamates (subject to hydrolysis) is 2. The standard InChI is InChI=1S/C35H46N4O6/c1-25(24-40)35(38-32(42)44-5,39-33(43)45-34(2,3)4)31(41)37-30(21-18-26-12-8-6-9-13-26)23-36-22-27-16-19-29(20-17-27)28-14-10-7-11-15-28/h6-17,19-20,25,30,36,40H,18,21-24H2,1-5H3,(H,37,41)(H,38,42)(H,39,43)/t25?,30-,35+/m0/s1. The Morgan fingerprint density at radius 2 is 1.38 bits per heavy atom. The highest BCUT2D eigenvalue weighted by atomic mass is 16.6. The predicted octanol–water partition coefficient (Wildman–Crippen LogP) is 4.77. The van der Waals surface area contributed by atoms with Gasteiger partial charge in [0.1, 0.15) is 5.60 Å². The first-order chi connectivity index (χ1) is 21.5. The van der Waals surface area contributed by atoms with E-state index in [1.165, 1.54) is 6.92 Å². The highest BCUT2D eigenvalue weighted by Gasteiger charge is 2.48. The number of hydrogen-bond donors (Lipinski definition) is 5. The molecular weight excluding hydrogens is 572 g/mol. The lowest BCUT2D eigenvalue weighted by atomic mass is 9.92. The van der Waals surface area contributed by atoms with Gasteiger partial charge in [-0.3, -0.25) is 15.4 Å². The molecular formula is C35H46N4O6. The Kier molecular flexibility index (Phi) is 12.9. The quantitative estimate of drug-likeness (QED) is 0.164. The number of methoxy groups -OCH3 is 1. The van der Waals surface area contributed by atoms with E-state index in [0.717, 1.165) is 29.4 Å². The van der Waals surface area contributed by atoms with Gasteiger partial charge in [-0.25, -0.2) is 9.59 Å². The van der Waals surface area contributed by atoms with Crippen LogP contribution >= 0.6 is 0 Å². The third-order valence-electron chi connectivity index (χ3n) is 7.29. The van der Waals surface area contributed by atoms with Crippen LogP contribution in [0.25, 0.3) is 11.1 Å². The van der Waals surface area contributed by atoms with Crippen molar-refractivity contribution in [1.82, 2.24) is 21.3 Å². The Labute approximate surface area is 265 Å². The molecule has 1 unspecified atom stereocenters. The van der Waals surface area contributed by atoms with Crippen LogP contribution in [0, 0.1) is 5.92 Å². The van der Waals surface area contributed by atoms with Crippen LogP contribution in [-0.2, 0) is 27.2 Å². The lowest BCUT2D eigenvalue weighted by Gasteiger charge is -2.39. The Balaban J connectivity index is 1.80. The molecule has 0 aliphatic carbocycles. The highest BCUT2D eigenvalue weighted by Crippen LogP contribution is 2.20. The molecule has 3 amide bonds. The molecule has 0 bridgehead atoms. The fraction of sp³-hybridized carbons (Fsp3) is 0.400. The number of ether oxygens (including phenoxy) is 2. The van der Waals surface area contributed by atoms with E-state index in [2.05, 4.69) is 57.7 Å². The minimum atomic E-state index is -2.07. The molecule has 3 atom stereocenters. The molecule has 0 saturated carbocycles. The minimum absolute atomic E-state index is 0.396. The summed E-state index contributed by atoms with van der Waals surface area (Å²) in [6.07, 6.45) is -0.665. The van der Waals surface area contributed by atoms with Crippen LogP contribution in [-0.4, -0.2) is 60.8 Å². The summed E-state index contributed by atoms with van der Waals surface area (Å²) in [7, 11) is 1.15. The number of carbonyl (C=O) groups is 3. The summed E-state index contributed by atoms with van der Waals surface area (Å²) in [6, 6.07) is 27.9. The molecule has 5 N–H and O–H groups in total. The Morgan fingerprint density at radius 1 is 0.800 bits per heavy atom. The van der Waals surface area contributed by atoms with Crippen molar-refractivity contribution in [2.75, 3.05) is 20.3 Å². The average molecular weight is 619 g/mol. The average Bonchev–Trinajstić information content (AvgIpc) is 3.02. The predicted molar refractivity (Wildman–Crippen MR) is 174 cm³/mol. The van der Waals surface area contributed by atoms with Gasteiger partial charge in [0, 0.05) is 25.0 Å². The zero-order valence-corrected chi connectivity index (χ0v) is 26.8. The normalized spacial score (nSPS) is 13.9. The van der Waals surface area contributed by atoms with Crippen LogP contribution in [0.4, 0.5) is 9.59 Å². The van der Waals surface area contributed by atoms with Gasteiger partial charge in [0.25, 0.3) is 5.91 Å². The van der Waals surface area contributed by atoms with Crippen molar-refractivity contribution in [2.45, 2.75) is 64.4 Å². The smallest absolute Gasteiger partial charge is 0.409 e. The third kappa shape index (κ3) is 10.9. The second-order valence-electron chi connectivity index (χ2n) is 12.0. The minimum Gasteiger partial charge on any atom is -0.453 e. The molecule has 10 heteroatoms. The zero-order chi connectivity index (χ0) is 32.9. The van der Waals surface area contributed by atoms with Gasteiger partial charge in [-0.05, 0) is 55.9 Å². The fourth-order valence-electron chi connectivity index (χ4n) is 4.77. The molecule has 45 heavy (non-hydrogen) atoms. The molecule has 0 saturated heterocycles. The van der Waals surface area contributed by atoms with E-state index < -0.39 is 47.9 Å². The number of aliphatic hydroxyl groups is 1. The van der Waals surface area contributed by atoms with Gasteiger partial charge >= 0.3 is 12.2 Å². The number of hydrogen-bond acceptors (Lipinski definition) is 7. The Bertz CT molecular complexity index is 1360. The fourth-order valence-corrected chi connectivity index (χ4v) is 4.77. The molecule has 0 fully saturated rings. The van der Waals surface area contributed by atoms with Crippen LogP contribution < -0.4 is 21.3 Å². The first kappa shape index (κ1) is 35.1. The molecule has 0 aliphatic heterocycles. The second-order valence-corrected chi connectivity index (χ2v) is 12.0. The summed E-state index contributed by atoms with van der Waals surface area (Å²) in [5.41, 5.74) is 1.50. The SMILES string of the molecule is COC(=O)N[C@](NC(=O)OC(C)(C)C)(C(=O)N[C@@H](CCc1ccccc1)CNCc1ccc(-c2ccccc2)cc1)C(C)CO. The second kappa shape index (κ2) is 16.6. The van der Waals surface area contributed by atoms with Crippen LogP contribution in [0.1, 0.15) is 45.2 Å². The first-order valence-electron chi connectivity index (χ1n) is 15.1. The summed E-state index contributed by atoms with van der Waals surface area (Å²) in [6.45, 7) is 6.99. The van der Waals surface area contributed by atoms with Crippen molar-refractivity contribution in [1.29, 1.82) is 0 Å². The van der Waals surface area contributed by atoms with Gasteiger partial charge in [-0.1, -0.05) is 91.9 Å². The van der Waals surface area contributed by atoms with Crippen molar-refractivity contribution < 1.29 is 29.0 Å². The van der Waals surface area contributed by atoms with Gasteiger partial charge in [-0.2, -0.15) is 0 Å². The summed E-state index contributed by atoms with van der Waals surface area (Å²) < 4.78 is 10.2. The number of benzene rings is 3. The van der Waals surface area contributed by atoms with Gasteiger partial charge in [0.15, 0.2) is 0 Å². The highest BCUT2D eigenvalue weighted by molar-refractivity contribution is 5.93. The number of nitrogens with one attached hydrogen (secondary N) is 4. The number of rotatable bonds is 14. The van der Waals surface area contributed by atoms with E-state index in [4.69, 9.17) is 9.47 Å². The van der Waals surface area contributed by atoms with E-state index in [1.807, 2.05) is 48.5 Å². The van der Waals surface area contributed by atoms with E-state index in [-0.39, 0.29) is 0 Å². The molecule has 3 aromatic carbocycles. The lowest BCUT2D eigenvalue weighted by Crippen LogP contribution is -2.73.